The Morgan fingerprint density at radius 2 is 1.96 bits per heavy atom. The van der Waals surface area contributed by atoms with E-state index < -0.39 is 0 Å². The Morgan fingerprint density at radius 3 is 2.62 bits per heavy atom. The zero-order chi connectivity index (χ0) is 17.4. The normalized spacial score (nSPS) is 12.9. The summed E-state index contributed by atoms with van der Waals surface area (Å²) >= 11 is 0. The maximum absolute atomic E-state index is 4.62. The first-order valence-electron chi connectivity index (χ1n) is 8.59. The Kier molecular flexibility index (Phi) is 6.78. The molecule has 0 saturated carbocycles. The number of guanidine groups is 1. The number of aromatic nitrogens is 3. The van der Waals surface area contributed by atoms with Crippen LogP contribution >= 0.6 is 0 Å². The van der Waals surface area contributed by atoms with Gasteiger partial charge in [0.1, 0.15) is 12.9 Å². The van der Waals surface area contributed by atoms with Crippen LogP contribution in [-0.2, 0) is 13.1 Å². The molecule has 2 N–H and O–H groups in total. The van der Waals surface area contributed by atoms with Gasteiger partial charge in [0, 0.05) is 19.6 Å². The van der Waals surface area contributed by atoms with Crippen molar-refractivity contribution in [3.05, 3.63) is 47.5 Å². The van der Waals surface area contributed by atoms with Crippen molar-refractivity contribution >= 4 is 5.96 Å². The largest absolute Gasteiger partial charge is 0.357 e. The highest BCUT2D eigenvalue weighted by Crippen LogP contribution is 2.14. The van der Waals surface area contributed by atoms with E-state index in [0.29, 0.717) is 12.5 Å². The molecule has 0 aliphatic rings. The summed E-state index contributed by atoms with van der Waals surface area (Å²) in [5, 5.41) is 14.8. The lowest BCUT2D eigenvalue weighted by Gasteiger charge is -2.16. The lowest BCUT2D eigenvalue weighted by molar-refractivity contribution is 0.681. The molecule has 0 spiro atoms. The predicted molar refractivity (Wildman–Crippen MR) is 98.1 cm³/mol. The van der Waals surface area contributed by atoms with Gasteiger partial charge in [-0.2, -0.15) is 0 Å². The maximum Gasteiger partial charge on any atom is 0.191 e. The second kappa shape index (κ2) is 9.05. The van der Waals surface area contributed by atoms with Gasteiger partial charge in [-0.25, -0.2) is 4.99 Å². The number of aliphatic imine (C=N–C) groups is 1. The van der Waals surface area contributed by atoms with Crippen LogP contribution in [0, 0.1) is 6.92 Å². The molecule has 130 valence electrons. The monoisotopic (exact) mass is 328 g/mol. The Morgan fingerprint density at radius 1 is 1.21 bits per heavy atom. The van der Waals surface area contributed by atoms with Gasteiger partial charge in [-0.15, -0.1) is 10.2 Å². The average molecular weight is 328 g/mol. The van der Waals surface area contributed by atoms with Crippen molar-refractivity contribution in [2.75, 3.05) is 13.1 Å². The molecule has 1 aromatic carbocycles. The summed E-state index contributed by atoms with van der Waals surface area (Å²) in [6.45, 7) is 11.5. The summed E-state index contributed by atoms with van der Waals surface area (Å²) in [4.78, 5) is 4.62. The fourth-order valence-corrected chi connectivity index (χ4v) is 2.42. The van der Waals surface area contributed by atoms with Crippen molar-refractivity contribution in [3.8, 4) is 0 Å². The first kappa shape index (κ1) is 18.0. The molecule has 1 atom stereocenters. The minimum absolute atomic E-state index is 0.411. The van der Waals surface area contributed by atoms with E-state index in [9.17, 15) is 0 Å². The van der Waals surface area contributed by atoms with Crippen LogP contribution in [0.25, 0.3) is 0 Å². The standard InChI is InChI=1S/C18H28N6/c1-5-19-18(21-12-17-23-22-13-24(17)6-2)20-11-15(4)16-9-7-14(3)8-10-16/h7-10,13,15H,5-6,11-12H2,1-4H3,(H2,19,20,21). The Hall–Kier alpha value is -2.37. The van der Waals surface area contributed by atoms with Crippen LogP contribution in [0.4, 0.5) is 0 Å². The fraction of sp³-hybridized carbons (Fsp3) is 0.500. The summed E-state index contributed by atoms with van der Waals surface area (Å²) in [5.74, 6) is 2.09. The van der Waals surface area contributed by atoms with E-state index in [1.54, 1.807) is 6.33 Å². The summed E-state index contributed by atoms with van der Waals surface area (Å²) in [6.07, 6.45) is 1.74. The third-order valence-corrected chi connectivity index (χ3v) is 3.98. The number of nitrogens with one attached hydrogen (secondary N) is 2. The van der Waals surface area contributed by atoms with Crippen LogP contribution in [0.15, 0.2) is 35.6 Å². The van der Waals surface area contributed by atoms with Crippen molar-refractivity contribution in [2.24, 2.45) is 4.99 Å². The molecule has 2 aromatic rings. The van der Waals surface area contributed by atoms with Crippen LogP contribution in [-0.4, -0.2) is 33.8 Å². The van der Waals surface area contributed by atoms with Crippen molar-refractivity contribution in [1.29, 1.82) is 0 Å². The Labute approximate surface area is 144 Å². The van der Waals surface area contributed by atoms with E-state index >= 15 is 0 Å². The van der Waals surface area contributed by atoms with Crippen LogP contribution < -0.4 is 10.6 Å². The van der Waals surface area contributed by atoms with Crippen LogP contribution in [0.2, 0.25) is 0 Å². The number of aryl methyl sites for hydroxylation is 2. The molecule has 6 heteroatoms. The number of hydrogen-bond donors (Lipinski definition) is 2. The Bertz CT molecular complexity index is 644. The molecular weight excluding hydrogens is 300 g/mol. The lowest BCUT2D eigenvalue weighted by Crippen LogP contribution is -2.39. The minimum Gasteiger partial charge on any atom is -0.357 e. The van der Waals surface area contributed by atoms with Gasteiger partial charge in [-0.3, -0.25) is 0 Å². The minimum atomic E-state index is 0.411. The van der Waals surface area contributed by atoms with E-state index in [-0.39, 0.29) is 0 Å². The zero-order valence-electron chi connectivity index (χ0n) is 15.1. The van der Waals surface area contributed by atoms with Crippen molar-refractivity contribution < 1.29 is 0 Å². The van der Waals surface area contributed by atoms with E-state index in [1.165, 1.54) is 11.1 Å². The Balaban J connectivity index is 1.95. The quantitative estimate of drug-likeness (QED) is 0.605. The number of rotatable bonds is 7. The molecule has 0 saturated heterocycles. The van der Waals surface area contributed by atoms with Crippen LogP contribution in [0.1, 0.15) is 43.6 Å². The second-order valence-corrected chi connectivity index (χ2v) is 5.92. The van der Waals surface area contributed by atoms with Gasteiger partial charge < -0.3 is 15.2 Å². The van der Waals surface area contributed by atoms with Crippen molar-refractivity contribution in [3.63, 3.8) is 0 Å². The van der Waals surface area contributed by atoms with Gasteiger partial charge in [0.15, 0.2) is 11.8 Å². The van der Waals surface area contributed by atoms with Crippen molar-refractivity contribution in [2.45, 2.75) is 46.7 Å². The molecule has 0 aliphatic carbocycles. The molecular formula is C18H28N6. The van der Waals surface area contributed by atoms with E-state index in [2.05, 4.69) is 77.8 Å². The van der Waals surface area contributed by atoms with Gasteiger partial charge in [0.2, 0.25) is 0 Å². The SMILES string of the molecule is CCNC(=NCc1nncn1CC)NCC(C)c1ccc(C)cc1. The van der Waals surface area contributed by atoms with Crippen LogP contribution in [0.5, 0.6) is 0 Å². The summed E-state index contributed by atoms with van der Waals surface area (Å²) in [6, 6.07) is 8.69. The maximum atomic E-state index is 4.62. The van der Waals surface area contributed by atoms with Gasteiger partial charge in [-0.05, 0) is 32.3 Å². The number of nitrogens with zero attached hydrogens (tertiary/aromatic N) is 4. The topological polar surface area (TPSA) is 67.1 Å². The highest BCUT2D eigenvalue weighted by molar-refractivity contribution is 5.79. The molecule has 1 heterocycles. The smallest absolute Gasteiger partial charge is 0.191 e. The molecule has 0 bridgehead atoms. The van der Waals surface area contributed by atoms with Gasteiger partial charge in [0.05, 0.1) is 0 Å². The summed E-state index contributed by atoms with van der Waals surface area (Å²) in [5.41, 5.74) is 2.61. The first-order chi connectivity index (χ1) is 11.6. The predicted octanol–water partition coefficient (Wildman–Crippen LogP) is 2.47. The molecule has 0 amide bonds. The third kappa shape index (κ3) is 5.08. The summed E-state index contributed by atoms with van der Waals surface area (Å²) in [7, 11) is 0. The highest BCUT2D eigenvalue weighted by atomic mass is 15.3. The first-order valence-corrected chi connectivity index (χ1v) is 8.59. The zero-order valence-corrected chi connectivity index (χ0v) is 15.1. The fourth-order valence-electron chi connectivity index (χ4n) is 2.42. The summed E-state index contributed by atoms with van der Waals surface area (Å²) < 4.78 is 2.00. The average Bonchev–Trinajstić information content (AvgIpc) is 3.05. The van der Waals surface area contributed by atoms with Gasteiger partial charge >= 0.3 is 0 Å². The highest BCUT2D eigenvalue weighted by Gasteiger charge is 2.07. The molecule has 1 unspecified atom stereocenters. The number of benzene rings is 1. The lowest BCUT2D eigenvalue weighted by atomic mass is 10.0. The molecule has 1 aromatic heterocycles. The second-order valence-electron chi connectivity index (χ2n) is 5.92. The molecule has 2 rings (SSSR count). The molecule has 0 aliphatic heterocycles. The molecule has 0 radical (unpaired) electrons. The van der Waals surface area contributed by atoms with Gasteiger partial charge in [-0.1, -0.05) is 36.8 Å². The van der Waals surface area contributed by atoms with Crippen molar-refractivity contribution in [1.82, 2.24) is 25.4 Å². The molecule has 6 nitrogen and oxygen atoms in total. The van der Waals surface area contributed by atoms with E-state index in [0.717, 1.165) is 31.4 Å². The van der Waals surface area contributed by atoms with Crippen LogP contribution in [0.3, 0.4) is 0 Å². The van der Waals surface area contributed by atoms with E-state index in [4.69, 9.17) is 0 Å². The van der Waals surface area contributed by atoms with E-state index in [1.807, 2.05) is 4.57 Å². The third-order valence-electron chi connectivity index (χ3n) is 3.98. The molecule has 24 heavy (non-hydrogen) atoms. The number of hydrogen-bond acceptors (Lipinski definition) is 3. The van der Waals surface area contributed by atoms with Gasteiger partial charge in [0.25, 0.3) is 0 Å². The molecule has 0 fully saturated rings.